The van der Waals surface area contributed by atoms with Crippen molar-refractivity contribution in [1.29, 1.82) is 0 Å². The highest BCUT2D eigenvalue weighted by Crippen LogP contribution is 2.11. The topological polar surface area (TPSA) is 71.1 Å². The lowest BCUT2D eigenvalue weighted by molar-refractivity contribution is 0.474. The van der Waals surface area contributed by atoms with E-state index in [0.29, 0.717) is 0 Å². The van der Waals surface area contributed by atoms with Gasteiger partial charge in [-0.2, -0.15) is 0 Å². The number of hydrogen-bond acceptors (Lipinski definition) is 4. The van der Waals surface area contributed by atoms with Crippen molar-refractivity contribution in [2.75, 3.05) is 18.1 Å². The van der Waals surface area contributed by atoms with Crippen LogP contribution in [0.25, 0.3) is 0 Å². The smallest absolute Gasteiger partial charge is 0.209 e. The fourth-order valence-electron chi connectivity index (χ4n) is 1.36. The standard InChI is InChI=1S/C10H16FN3O2S/c1-10(2,14-17(3,15)16)7-13-9-8(11)5-4-6-12-9/h4-6,14H,7H2,1-3H3,(H,12,13). The minimum Gasteiger partial charge on any atom is -0.366 e. The third-order valence-corrected chi connectivity index (χ3v) is 2.84. The molecule has 5 nitrogen and oxygen atoms in total. The van der Waals surface area contributed by atoms with Crippen LogP contribution >= 0.6 is 0 Å². The fraction of sp³-hybridized carbons (Fsp3) is 0.500. The Kier molecular flexibility index (Phi) is 4.05. The predicted octanol–water partition coefficient (Wildman–Crippen LogP) is 0.960. The number of anilines is 1. The highest BCUT2D eigenvalue weighted by Gasteiger charge is 2.22. The summed E-state index contributed by atoms with van der Waals surface area (Å²) in [6, 6.07) is 2.77. The van der Waals surface area contributed by atoms with Crippen molar-refractivity contribution in [2.45, 2.75) is 19.4 Å². The summed E-state index contributed by atoms with van der Waals surface area (Å²) >= 11 is 0. The van der Waals surface area contributed by atoms with Crippen LogP contribution in [0, 0.1) is 5.82 Å². The van der Waals surface area contributed by atoms with Gasteiger partial charge in [0.2, 0.25) is 10.0 Å². The molecule has 0 saturated carbocycles. The number of pyridine rings is 1. The van der Waals surface area contributed by atoms with Crippen LogP contribution < -0.4 is 10.0 Å². The van der Waals surface area contributed by atoms with Crippen LogP contribution in [0.15, 0.2) is 18.3 Å². The Morgan fingerprint density at radius 2 is 2.12 bits per heavy atom. The van der Waals surface area contributed by atoms with Gasteiger partial charge in [-0.3, -0.25) is 0 Å². The summed E-state index contributed by atoms with van der Waals surface area (Å²) < 4.78 is 37.9. The first-order valence-electron chi connectivity index (χ1n) is 5.03. The first kappa shape index (κ1) is 13.9. The highest BCUT2D eigenvalue weighted by molar-refractivity contribution is 7.88. The van der Waals surface area contributed by atoms with Crippen molar-refractivity contribution in [3.8, 4) is 0 Å². The van der Waals surface area contributed by atoms with Crippen molar-refractivity contribution >= 4 is 15.8 Å². The van der Waals surface area contributed by atoms with Crippen molar-refractivity contribution in [3.63, 3.8) is 0 Å². The molecule has 17 heavy (non-hydrogen) atoms. The normalized spacial score (nSPS) is 12.5. The molecule has 2 N–H and O–H groups in total. The van der Waals surface area contributed by atoms with Crippen LogP contribution in [0.3, 0.4) is 0 Å². The lowest BCUT2D eigenvalue weighted by Crippen LogP contribution is -2.47. The van der Waals surface area contributed by atoms with Gasteiger partial charge >= 0.3 is 0 Å². The molecule has 0 aliphatic carbocycles. The molecule has 0 radical (unpaired) electrons. The van der Waals surface area contributed by atoms with Crippen LogP contribution in [0.5, 0.6) is 0 Å². The Labute approximate surface area is 101 Å². The van der Waals surface area contributed by atoms with Gasteiger partial charge in [0.15, 0.2) is 11.6 Å². The third-order valence-electron chi connectivity index (χ3n) is 1.92. The maximum absolute atomic E-state index is 13.2. The minimum atomic E-state index is -3.30. The SMILES string of the molecule is CC(C)(CNc1ncccc1F)NS(C)(=O)=O. The number of sulfonamides is 1. The van der Waals surface area contributed by atoms with Crippen LogP contribution in [-0.2, 0) is 10.0 Å². The van der Waals surface area contributed by atoms with E-state index in [1.807, 2.05) is 0 Å². The molecular formula is C10H16FN3O2S. The van der Waals surface area contributed by atoms with Crippen molar-refractivity contribution in [3.05, 3.63) is 24.1 Å². The molecule has 1 heterocycles. The Balaban J connectivity index is 2.65. The van der Waals surface area contributed by atoms with Crippen molar-refractivity contribution < 1.29 is 12.8 Å². The highest BCUT2D eigenvalue weighted by atomic mass is 32.2. The van der Waals surface area contributed by atoms with Gasteiger partial charge < -0.3 is 5.32 Å². The summed E-state index contributed by atoms with van der Waals surface area (Å²) in [5.41, 5.74) is -0.725. The molecule has 0 spiro atoms. The van der Waals surface area contributed by atoms with Gasteiger partial charge in [0, 0.05) is 18.3 Å². The zero-order chi connectivity index (χ0) is 13.1. The summed E-state index contributed by atoms with van der Waals surface area (Å²) in [7, 11) is -3.30. The molecule has 96 valence electrons. The Morgan fingerprint density at radius 1 is 1.47 bits per heavy atom. The predicted molar refractivity (Wildman–Crippen MR) is 64.7 cm³/mol. The Morgan fingerprint density at radius 3 is 2.65 bits per heavy atom. The molecule has 1 rings (SSSR count). The fourth-order valence-corrected chi connectivity index (χ4v) is 2.43. The van der Waals surface area contributed by atoms with Crippen LogP contribution in [-0.4, -0.2) is 31.7 Å². The van der Waals surface area contributed by atoms with Gasteiger partial charge in [-0.05, 0) is 26.0 Å². The van der Waals surface area contributed by atoms with E-state index in [1.54, 1.807) is 13.8 Å². The lowest BCUT2D eigenvalue weighted by Gasteiger charge is -2.25. The van der Waals surface area contributed by atoms with E-state index in [1.165, 1.54) is 18.3 Å². The molecule has 7 heteroatoms. The number of rotatable bonds is 5. The summed E-state index contributed by atoms with van der Waals surface area (Å²) in [6.45, 7) is 3.62. The first-order valence-corrected chi connectivity index (χ1v) is 6.92. The number of hydrogen-bond donors (Lipinski definition) is 2. The van der Waals surface area contributed by atoms with Gasteiger partial charge in [0.1, 0.15) is 0 Å². The molecule has 1 aromatic heterocycles. The summed E-state index contributed by atoms with van der Waals surface area (Å²) in [5, 5.41) is 2.76. The second kappa shape index (κ2) is 4.97. The van der Waals surface area contributed by atoms with Crippen LogP contribution in [0.4, 0.5) is 10.2 Å². The van der Waals surface area contributed by atoms with Gasteiger partial charge in [0.05, 0.1) is 6.26 Å². The van der Waals surface area contributed by atoms with E-state index < -0.39 is 21.4 Å². The summed E-state index contributed by atoms with van der Waals surface area (Å²) in [6.07, 6.45) is 2.54. The molecule has 0 bridgehead atoms. The van der Waals surface area contributed by atoms with Gasteiger partial charge in [-0.1, -0.05) is 0 Å². The molecule has 0 atom stereocenters. The lowest BCUT2D eigenvalue weighted by atomic mass is 10.1. The second-order valence-corrected chi connectivity index (χ2v) is 6.19. The van der Waals surface area contributed by atoms with E-state index >= 15 is 0 Å². The maximum atomic E-state index is 13.2. The second-order valence-electron chi connectivity index (χ2n) is 4.45. The van der Waals surface area contributed by atoms with Gasteiger partial charge in [-0.25, -0.2) is 22.5 Å². The number of halogens is 1. The van der Waals surface area contributed by atoms with E-state index in [0.717, 1.165) is 6.26 Å². The van der Waals surface area contributed by atoms with E-state index in [2.05, 4.69) is 15.0 Å². The summed E-state index contributed by atoms with van der Waals surface area (Å²) in [4.78, 5) is 3.81. The van der Waals surface area contributed by atoms with Gasteiger partial charge in [0.25, 0.3) is 0 Å². The van der Waals surface area contributed by atoms with Crippen molar-refractivity contribution in [1.82, 2.24) is 9.71 Å². The van der Waals surface area contributed by atoms with E-state index in [-0.39, 0.29) is 12.4 Å². The summed E-state index contributed by atoms with van der Waals surface area (Å²) in [5.74, 6) is -0.362. The Bertz CT molecular complexity index is 488. The van der Waals surface area contributed by atoms with Crippen molar-refractivity contribution in [2.24, 2.45) is 0 Å². The zero-order valence-corrected chi connectivity index (χ0v) is 10.8. The average molecular weight is 261 g/mol. The largest absolute Gasteiger partial charge is 0.366 e. The van der Waals surface area contributed by atoms with Crippen LogP contribution in [0.2, 0.25) is 0 Å². The molecule has 0 saturated heterocycles. The third kappa shape index (κ3) is 5.10. The average Bonchev–Trinajstić information content (AvgIpc) is 2.13. The van der Waals surface area contributed by atoms with E-state index in [4.69, 9.17) is 0 Å². The molecule has 0 aliphatic rings. The molecule has 0 fully saturated rings. The molecule has 0 unspecified atom stereocenters. The molecule has 0 amide bonds. The maximum Gasteiger partial charge on any atom is 0.209 e. The molecular weight excluding hydrogens is 245 g/mol. The monoisotopic (exact) mass is 261 g/mol. The zero-order valence-electron chi connectivity index (χ0n) is 9.99. The molecule has 0 aromatic carbocycles. The van der Waals surface area contributed by atoms with E-state index in [9.17, 15) is 12.8 Å². The first-order chi connectivity index (χ1) is 7.70. The quantitative estimate of drug-likeness (QED) is 0.828. The van der Waals surface area contributed by atoms with Gasteiger partial charge in [-0.15, -0.1) is 0 Å². The number of aromatic nitrogens is 1. The molecule has 1 aromatic rings. The Hall–Kier alpha value is -1.21. The number of nitrogens with zero attached hydrogens (tertiary/aromatic N) is 1. The van der Waals surface area contributed by atoms with Crippen LogP contribution in [0.1, 0.15) is 13.8 Å². The minimum absolute atomic E-state index is 0.107. The molecule has 0 aliphatic heterocycles. The number of nitrogens with one attached hydrogen (secondary N) is 2.